The topological polar surface area (TPSA) is 24.5 Å². The van der Waals surface area contributed by atoms with Gasteiger partial charge in [-0.1, -0.05) is 11.6 Å². The SMILES string of the molecule is CN(C)c1ccc(Cl)cc1NCC1CCCO1. The summed E-state index contributed by atoms with van der Waals surface area (Å²) in [5, 5.41) is 4.18. The first kappa shape index (κ1) is 12.5. The van der Waals surface area contributed by atoms with E-state index in [4.69, 9.17) is 16.3 Å². The average molecular weight is 255 g/mol. The Labute approximate surface area is 108 Å². The Morgan fingerprint density at radius 1 is 1.47 bits per heavy atom. The molecule has 1 atom stereocenters. The first-order valence-corrected chi connectivity index (χ1v) is 6.37. The van der Waals surface area contributed by atoms with Crippen LogP contribution < -0.4 is 10.2 Å². The minimum atomic E-state index is 0.337. The molecule has 4 heteroatoms. The van der Waals surface area contributed by atoms with Crippen molar-refractivity contribution in [3.63, 3.8) is 0 Å². The van der Waals surface area contributed by atoms with Gasteiger partial charge >= 0.3 is 0 Å². The van der Waals surface area contributed by atoms with Gasteiger partial charge in [0.05, 0.1) is 17.5 Å². The number of halogens is 1. The van der Waals surface area contributed by atoms with E-state index in [9.17, 15) is 0 Å². The summed E-state index contributed by atoms with van der Waals surface area (Å²) in [6.07, 6.45) is 2.65. The summed E-state index contributed by atoms with van der Waals surface area (Å²) in [5.41, 5.74) is 2.21. The van der Waals surface area contributed by atoms with Gasteiger partial charge in [-0.05, 0) is 31.0 Å². The molecule has 0 spiro atoms. The minimum absolute atomic E-state index is 0.337. The zero-order valence-corrected chi connectivity index (χ0v) is 11.1. The van der Waals surface area contributed by atoms with Crippen molar-refractivity contribution in [2.24, 2.45) is 0 Å². The lowest BCUT2D eigenvalue weighted by Crippen LogP contribution is -2.20. The molecule has 1 saturated heterocycles. The molecule has 0 aliphatic carbocycles. The molecule has 1 aliphatic heterocycles. The molecule has 0 bridgehead atoms. The lowest BCUT2D eigenvalue weighted by atomic mass is 10.2. The highest BCUT2D eigenvalue weighted by molar-refractivity contribution is 6.31. The van der Waals surface area contributed by atoms with Crippen molar-refractivity contribution in [1.82, 2.24) is 0 Å². The van der Waals surface area contributed by atoms with Gasteiger partial charge in [-0.3, -0.25) is 0 Å². The second-order valence-electron chi connectivity index (χ2n) is 4.57. The lowest BCUT2D eigenvalue weighted by molar-refractivity contribution is 0.120. The van der Waals surface area contributed by atoms with Crippen LogP contribution in [0.5, 0.6) is 0 Å². The van der Waals surface area contributed by atoms with E-state index in [0.29, 0.717) is 6.10 Å². The largest absolute Gasteiger partial charge is 0.381 e. The molecule has 0 radical (unpaired) electrons. The number of hydrogen-bond donors (Lipinski definition) is 1. The summed E-state index contributed by atoms with van der Waals surface area (Å²) in [7, 11) is 4.06. The third-order valence-corrected chi connectivity index (χ3v) is 3.22. The Hall–Kier alpha value is -0.930. The smallest absolute Gasteiger partial charge is 0.0748 e. The molecule has 1 unspecified atom stereocenters. The van der Waals surface area contributed by atoms with E-state index >= 15 is 0 Å². The highest BCUT2D eigenvalue weighted by atomic mass is 35.5. The van der Waals surface area contributed by atoms with Crippen molar-refractivity contribution in [2.45, 2.75) is 18.9 Å². The van der Waals surface area contributed by atoms with Gasteiger partial charge < -0.3 is 15.0 Å². The predicted octanol–water partition coefficient (Wildman–Crippen LogP) is 3.00. The first-order chi connectivity index (χ1) is 8.16. The highest BCUT2D eigenvalue weighted by Gasteiger charge is 2.15. The summed E-state index contributed by atoms with van der Waals surface area (Å²) >= 11 is 6.03. The maximum atomic E-state index is 6.03. The number of nitrogens with one attached hydrogen (secondary N) is 1. The highest BCUT2D eigenvalue weighted by Crippen LogP contribution is 2.28. The summed E-state index contributed by atoms with van der Waals surface area (Å²) in [5.74, 6) is 0. The molecular weight excluding hydrogens is 236 g/mol. The van der Waals surface area contributed by atoms with Crippen molar-refractivity contribution in [3.05, 3.63) is 23.2 Å². The van der Waals surface area contributed by atoms with Crippen LogP contribution in [-0.2, 0) is 4.74 Å². The summed E-state index contributed by atoms with van der Waals surface area (Å²) < 4.78 is 5.60. The number of hydrogen-bond acceptors (Lipinski definition) is 3. The van der Waals surface area contributed by atoms with Gasteiger partial charge in [0.15, 0.2) is 0 Å². The van der Waals surface area contributed by atoms with Crippen LogP contribution in [0.3, 0.4) is 0 Å². The van der Waals surface area contributed by atoms with E-state index in [2.05, 4.69) is 10.2 Å². The van der Waals surface area contributed by atoms with Crippen molar-refractivity contribution < 1.29 is 4.74 Å². The normalized spacial score (nSPS) is 19.4. The van der Waals surface area contributed by atoms with Gasteiger partial charge in [0.25, 0.3) is 0 Å². The van der Waals surface area contributed by atoms with Gasteiger partial charge in [0.1, 0.15) is 0 Å². The van der Waals surface area contributed by atoms with Crippen LogP contribution in [0.1, 0.15) is 12.8 Å². The van der Waals surface area contributed by atoms with E-state index in [0.717, 1.165) is 36.0 Å². The van der Waals surface area contributed by atoms with Crippen LogP contribution in [0, 0.1) is 0 Å². The monoisotopic (exact) mass is 254 g/mol. The first-order valence-electron chi connectivity index (χ1n) is 5.99. The van der Waals surface area contributed by atoms with Crippen LogP contribution in [0.4, 0.5) is 11.4 Å². The zero-order valence-electron chi connectivity index (χ0n) is 10.4. The molecule has 94 valence electrons. The fourth-order valence-electron chi connectivity index (χ4n) is 2.07. The second-order valence-corrected chi connectivity index (χ2v) is 5.01. The van der Waals surface area contributed by atoms with Gasteiger partial charge in [-0.25, -0.2) is 0 Å². The number of nitrogens with zero attached hydrogens (tertiary/aromatic N) is 1. The fraction of sp³-hybridized carbons (Fsp3) is 0.538. The Kier molecular flexibility index (Phi) is 4.13. The van der Waals surface area contributed by atoms with Gasteiger partial charge in [-0.15, -0.1) is 0 Å². The van der Waals surface area contributed by atoms with Crippen molar-refractivity contribution >= 4 is 23.0 Å². The molecule has 1 heterocycles. The molecule has 0 amide bonds. The van der Waals surface area contributed by atoms with E-state index in [1.165, 1.54) is 6.42 Å². The molecular formula is C13H19ClN2O. The minimum Gasteiger partial charge on any atom is -0.381 e. The summed E-state index contributed by atoms with van der Waals surface area (Å²) in [4.78, 5) is 2.08. The third kappa shape index (κ3) is 3.27. The molecule has 1 N–H and O–H groups in total. The lowest BCUT2D eigenvalue weighted by Gasteiger charge is -2.20. The number of benzene rings is 1. The van der Waals surface area contributed by atoms with Crippen LogP contribution in [0.15, 0.2) is 18.2 Å². The number of ether oxygens (including phenoxy) is 1. The Balaban J connectivity index is 2.04. The number of anilines is 2. The van der Waals surface area contributed by atoms with Crippen molar-refractivity contribution in [1.29, 1.82) is 0 Å². The van der Waals surface area contributed by atoms with Crippen LogP contribution in [0.25, 0.3) is 0 Å². The molecule has 17 heavy (non-hydrogen) atoms. The molecule has 0 aromatic heterocycles. The standard InChI is InChI=1S/C13H19ClN2O/c1-16(2)13-6-5-10(14)8-12(13)15-9-11-4-3-7-17-11/h5-6,8,11,15H,3-4,7,9H2,1-2H3. The van der Waals surface area contributed by atoms with Crippen LogP contribution in [0.2, 0.25) is 5.02 Å². The molecule has 3 nitrogen and oxygen atoms in total. The second kappa shape index (κ2) is 5.61. The van der Waals surface area contributed by atoms with Crippen molar-refractivity contribution in [2.75, 3.05) is 37.5 Å². The van der Waals surface area contributed by atoms with E-state index in [1.807, 2.05) is 32.3 Å². The fourth-order valence-corrected chi connectivity index (χ4v) is 2.24. The Morgan fingerprint density at radius 3 is 2.94 bits per heavy atom. The Morgan fingerprint density at radius 2 is 2.29 bits per heavy atom. The van der Waals surface area contributed by atoms with Crippen LogP contribution >= 0.6 is 11.6 Å². The Bertz CT molecular complexity index is 376. The molecule has 2 rings (SSSR count). The van der Waals surface area contributed by atoms with Gasteiger partial charge in [-0.2, -0.15) is 0 Å². The predicted molar refractivity (Wildman–Crippen MR) is 73.2 cm³/mol. The zero-order chi connectivity index (χ0) is 12.3. The van der Waals surface area contributed by atoms with E-state index in [1.54, 1.807) is 0 Å². The third-order valence-electron chi connectivity index (χ3n) is 2.98. The summed E-state index contributed by atoms with van der Waals surface area (Å²) in [6, 6.07) is 5.90. The maximum Gasteiger partial charge on any atom is 0.0748 e. The molecule has 1 aromatic carbocycles. The van der Waals surface area contributed by atoms with Gasteiger partial charge in [0, 0.05) is 32.3 Å². The number of rotatable bonds is 4. The molecule has 1 fully saturated rings. The van der Waals surface area contributed by atoms with E-state index in [-0.39, 0.29) is 0 Å². The van der Waals surface area contributed by atoms with E-state index < -0.39 is 0 Å². The van der Waals surface area contributed by atoms with Crippen molar-refractivity contribution in [3.8, 4) is 0 Å². The summed E-state index contributed by atoms with van der Waals surface area (Å²) in [6.45, 7) is 1.74. The quantitative estimate of drug-likeness (QED) is 0.894. The molecule has 1 aromatic rings. The van der Waals surface area contributed by atoms with Crippen LogP contribution in [-0.4, -0.2) is 33.4 Å². The maximum absolute atomic E-state index is 6.03. The molecule has 1 aliphatic rings. The molecule has 0 saturated carbocycles. The average Bonchev–Trinajstić information content (AvgIpc) is 2.78. The van der Waals surface area contributed by atoms with Gasteiger partial charge in [0.2, 0.25) is 0 Å².